The number of carbonyl (C=O) groups excluding carboxylic acids is 2. The summed E-state index contributed by atoms with van der Waals surface area (Å²) in [5, 5.41) is 18.6. The second-order valence-electron chi connectivity index (χ2n) is 6.00. The van der Waals surface area contributed by atoms with Crippen molar-refractivity contribution in [2.75, 3.05) is 19.6 Å². The Morgan fingerprint density at radius 3 is 2.56 bits per heavy atom. The molecule has 1 heterocycles. The first-order valence-electron chi connectivity index (χ1n) is 8.24. The first-order chi connectivity index (χ1) is 12.8. The molecule has 27 heavy (non-hydrogen) atoms. The highest BCUT2D eigenvalue weighted by atomic mass is 35.5. The van der Waals surface area contributed by atoms with Crippen molar-refractivity contribution in [3.8, 4) is 0 Å². The minimum atomic E-state index is -1.45. The van der Waals surface area contributed by atoms with Crippen LogP contribution in [0.4, 0.5) is 0 Å². The predicted molar refractivity (Wildman–Crippen MR) is 97.1 cm³/mol. The summed E-state index contributed by atoms with van der Waals surface area (Å²) in [7, 11) is 0. The van der Waals surface area contributed by atoms with E-state index in [4.69, 9.17) is 16.7 Å². The second-order valence-corrected chi connectivity index (χ2v) is 6.44. The SMILES string of the molecule is O=C(O)CC(C(=O)O)N1CCN(C(=O)C=Cc2cccc(Cl)c2)CCC1=O. The maximum atomic E-state index is 12.4. The lowest BCUT2D eigenvalue weighted by Crippen LogP contribution is -2.47. The highest BCUT2D eigenvalue weighted by Gasteiger charge is 2.34. The zero-order valence-electron chi connectivity index (χ0n) is 14.4. The van der Waals surface area contributed by atoms with Crippen molar-refractivity contribution in [3.05, 3.63) is 40.9 Å². The molecule has 9 heteroatoms. The Morgan fingerprint density at radius 2 is 1.93 bits per heavy atom. The van der Waals surface area contributed by atoms with Crippen LogP contribution in [-0.4, -0.2) is 69.4 Å². The van der Waals surface area contributed by atoms with E-state index in [2.05, 4.69) is 0 Å². The fourth-order valence-corrected chi connectivity index (χ4v) is 2.97. The minimum absolute atomic E-state index is 0.0418. The molecule has 1 unspecified atom stereocenters. The number of carboxylic acids is 2. The number of hydrogen-bond acceptors (Lipinski definition) is 4. The Bertz CT molecular complexity index is 779. The highest BCUT2D eigenvalue weighted by molar-refractivity contribution is 6.30. The van der Waals surface area contributed by atoms with Crippen molar-refractivity contribution < 1.29 is 29.4 Å². The number of carbonyl (C=O) groups is 4. The standard InChI is InChI=1S/C18H19ClN2O6/c19-13-3-1-2-12(10-13)4-5-15(22)20-7-6-16(23)21(9-8-20)14(18(26)27)11-17(24)25/h1-5,10,14H,6-9,11H2,(H,24,25)(H,26,27). The summed E-state index contributed by atoms with van der Waals surface area (Å²) < 4.78 is 0. The van der Waals surface area contributed by atoms with E-state index in [1.54, 1.807) is 30.3 Å². The molecule has 1 aromatic rings. The van der Waals surface area contributed by atoms with E-state index in [0.717, 1.165) is 10.5 Å². The number of amides is 2. The van der Waals surface area contributed by atoms with E-state index in [1.807, 2.05) is 0 Å². The molecule has 2 N–H and O–H groups in total. The number of rotatable bonds is 6. The van der Waals surface area contributed by atoms with Gasteiger partial charge in [-0.15, -0.1) is 0 Å². The van der Waals surface area contributed by atoms with Crippen LogP contribution in [0.5, 0.6) is 0 Å². The molecule has 1 saturated heterocycles. The van der Waals surface area contributed by atoms with Crippen molar-refractivity contribution in [2.45, 2.75) is 18.9 Å². The molecule has 0 saturated carbocycles. The molecule has 1 fully saturated rings. The van der Waals surface area contributed by atoms with Gasteiger partial charge < -0.3 is 20.0 Å². The van der Waals surface area contributed by atoms with Gasteiger partial charge in [0.15, 0.2) is 0 Å². The van der Waals surface area contributed by atoms with Gasteiger partial charge in [0.25, 0.3) is 0 Å². The van der Waals surface area contributed by atoms with Gasteiger partial charge in [0, 0.05) is 37.2 Å². The summed E-state index contributed by atoms with van der Waals surface area (Å²) in [6.45, 7) is 0.209. The van der Waals surface area contributed by atoms with Gasteiger partial charge in [-0.2, -0.15) is 0 Å². The normalized spacial score (nSPS) is 16.3. The van der Waals surface area contributed by atoms with Gasteiger partial charge in [-0.05, 0) is 23.8 Å². The Labute approximate surface area is 160 Å². The Balaban J connectivity index is 2.05. The molecule has 1 aliphatic rings. The quantitative estimate of drug-likeness (QED) is 0.703. The molecule has 0 radical (unpaired) electrons. The molecule has 1 aliphatic heterocycles. The zero-order valence-corrected chi connectivity index (χ0v) is 15.1. The predicted octanol–water partition coefficient (Wildman–Crippen LogP) is 1.34. The second kappa shape index (κ2) is 9.18. The van der Waals surface area contributed by atoms with Crippen LogP contribution in [0.15, 0.2) is 30.3 Å². The van der Waals surface area contributed by atoms with E-state index >= 15 is 0 Å². The lowest BCUT2D eigenvalue weighted by atomic mass is 10.1. The van der Waals surface area contributed by atoms with Gasteiger partial charge in [-0.1, -0.05) is 23.7 Å². The summed E-state index contributed by atoms with van der Waals surface area (Å²) in [6, 6.07) is 5.50. The van der Waals surface area contributed by atoms with E-state index in [9.17, 15) is 24.3 Å². The molecule has 1 aromatic carbocycles. The number of hydrogen-bond donors (Lipinski definition) is 2. The van der Waals surface area contributed by atoms with Gasteiger partial charge in [0.2, 0.25) is 11.8 Å². The largest absolute Gasteiger partial charge is 0.481 e. The first-order valence-corrected chi connectivity index (χ1v) is 8.62. The molecule has 0 aliphatic carbocycles. The summed E-state index contributed by atoms with van der Waals surface area (Å²) in [4.78, 5) is 49.3. The van der Waals surface area contributed by atoms with Crippen LogP contribution in [0.25, 0.3) is 6.08 Å². The Kier molecular flexibility index (Phi) is 6.95. The summed E-state index contributed by atoms with van der Waals surface area (Å²) in [6.07, 6.45) is 2.20. The van der Waals surface area contributed by atoms with E-state index in [0.29, 0.717) is 5.02 Å². The van der Waals surface area contributed by atoms with Crippen LogP contribution in [0, 0.1) is 0 Å². The summed E-state index contributed by atoms with van der Waals surface area (Å²) in [5.41, 5.74) is 0.746. The number of carboxylic acid groups (broad SMARTS) is 2. The summed E-state index contributed by atoms with van der Waals surface area (Å²) in [5.74, 6) is -3.50. The van der Waals surface area contributed by atoms with Crippen LogP contribution in [-0.2, 0) is 19.2 Å². The average molecular weight is 395 g/mol. The maximum absolute atomic E-state index is 12.4. The van der Waals surface area contributed by atoms with E-state index < -0.39 is 30.3 Å². The molecule has 1 atom stereocenters. The maximum Gasteiger partial charge on any atom is 0.327 e. The lowest BCUT2D eigenvalue weighted by molar-refractivity contribution is -0.154. The fourth-order valence-electron chi connectivity index (χ4n) is 2.77. The molecule has 2 rings (SSSR count). The van der Waals surface area contributed by atoms with Crippen molar-refractivity contribution in [1.82, 2.24) is 9.80 Å². The van der Waals surface area contributed by atoms with Crippen LogP contribution < -0.4 is 0 Å². The van der Waals surface area contributed by atoms with Gasteiger partial charge >= 0.3 is 11.9 Å². The molecule has 0 aromatic heterocycles. The first kappa shape index (κ1) is 20.4. The number of benzene rings is 1. The van der Waals surface area contributed by atoms with Crippen LogP contribution in [0.3, 0.4) is 0 Å². The van der Waals surface area contributed by atoms with E-state index in [1.165, 1.54) is 11.0 Å². The average Bonchev–Trinajstić information content (AvgIpc) is 2.79. The van der Waals surface area contributed by atoms with Crippen LogP contribution in [0.2, 0.25) is 5.02 Å². The van der Waals surface area contributed by atoms with Gasteiger partial charge in [0.05, 0.1) is 6.42 Å². The molecule has 144 valence electrons. The van der Waals surface area contributed by atoms with Gasteiger partial charge in [-0.3, -0.25) is 14.4 Å². The zero-order chi connectivity index (χ0) is 20.0. The lowest BCUT2D eigenvalue weighted by Gasteiger charge is -2.26. The third-order valence-electron chi connectivity index (χ3n) is 4.13. The minimum Gasteiger partial charge on any atom is -0.481 e. The van der Waals surface area contributed by atoms with Crippen LogP contribution in [0.1, 0.15) is 18.4 Å². The molecule has 2 amide bonds. The molecular weight excluding hydrogens is 376 g/mol. The van der Waals surface area contributed by atoms with Gasteiger partial charge in [0.1, 0.15) is 6.04 Å². The third-order valence-corrected chi connectivity index (χ3v) is 4.37. The van der Waals surface area contributed by atoms with Crippen molar-refractivity contribution in [3.63, 3.8) is 0 Å². The fraction of sp³-hybridized carbons (Fsp3) is 0.333. The molecule has 0 bridgehead atoms. The number of aliphatic carboxylic acids is 2. The topological polar surface area (TPSA) is 115 Å². The summed E-state index contributed by atoms with van der Waals surface area (Å²) >= 11 is 5.89. The monoisotopic (exact) mass is 394 g/mol. The van der Waals surface area contributed by atoms with Crippen molar-refractivity contribution >= 4 is 41.4 Å². The van der Waals surface area contributed by atoms with Crippen LogP contribution >= 0.6 is 11.6 Å². The molecule has 0 spiro atoms. The van der Waals surface area contributed by atoms with Crippen molar-refractivity contribution in [1.29, 1.82) is 0 Å². The smallest absolute Gasteiger partial charge is 0.327 e. The molecular formula is C18H19ClN2O6. The number of halogens is 1. The van der Waals surface area contributed by atoms with Gasteiger partial charge in [-0.25, -0.2) is 4.79 Å². The molecule has 8 nitrogen and oxygen atoms in total. The van der Waals surface area contributed by atoms with Crippen molar-refractivity contribution in [2.24, 2.45) is 0 Å². The highest BCUT2D eigenvalue weighted by Crippen LogP contribution is 2.14. The Morgan fingerprint density at radius 1 is 1.19 bits per heavy atom. The Hall–Kier alpha value is -2.87. The van der Waals surface area contributed by atoms with E-state index in [-0.39, 0.29) is 32.0 Å². The third kappa shape index (κ3) is 5.82. The number of nitrogens with zero attached hydrogens (tertiary/aromatic N) is 2.